The Kier molecular flexibility index (Phi) is 4.29. The molecule has 5 nitrogen and oxygen atoms in total. The first-order chi connectivity index (χ1) is 8.89. The Morgan fingerprint density at radius 2 is 2.16 bits per heavy atom. The van der Waals surface area contributed by atoms with Gasteiger partial charge in [-0.3, -0.25) is 0 Å². The van der Waals surface area contributed by atoms with Crippen LogP contribution in [0.4, 0.5) is 0 Å². The summed E-state index contributed by atoms with van der Waals surface area (Å²) < 4.78 is 31.6. The fourth-order valence-electron chi connectivity index (χ4n) is 1.47. The summed E-state index contributed by atoms with van der Waals surface area (Å²) in [5, 5.41) is 0.134. The third kappa shape index (κ3) is 3.36. The fraction of sp³-hybridized carbons (Fsp3) is 0.182. The molecule has 2 rings (SSSR count). The van der Waals surface area contributed by atoms with Crippen LogP contribution in [0.25, 0.3) is 0 Å². The van der Waals surface area contributed by atoms with E-state index in [4.69, 9.17) is 16.0 Å². The number of pyridine rings is 1. The van der Waals surface area contributed by atoms with Gasteiger partial charge in [-0.15, -0.1) is 0 Å². The number of hydrogen-bond acceptors (Lipinski definition) is 4. The minimum Gasteiger partial charge on any atom is -0.453 e. The van der Waals surface area contributed by atoms with Crippen molar-refractivity contribution < 1.29 is 12.8 Å². The molecule has 0 atom stereocenters. The average molecular weight is 366 g/mol. The summed E-state index contributed by atoms with van der Waals surface area (Å²) in [5.41, 5.74) is 0. The van der Waals surface area contributed by atoms with E-state index in [1.165, 1.54) is 29.7 Å². The molecule has 0 N–H and O–H groups in total. The number of aromatic nitrogens is 1. The number of sulfonamides is 1. The van der Waals surface area contributed by atoms with Gasteiger partial charge in [-0.1, -0.05) is 11.6 Å². The second-order valence-corrected chi connectivity index (χ2v) is 6.99. The summed E-state index contributed by atoms with van der Waals surface area (Å²) in [5.74, 6) is 0.540. The summed E-state index contributed by atoms with van der Waals surface area (Å²) in [6.07, 6.45) is 1.35. The monoisotopic (exact) mass is 364 g/mol. The quantitative estimate of drug-likeness (QED) is 0.782. The molecule has 0 saturated heterocycles. The molecule has 2 aromatic heterocycles. The van der Waals surface area contributed by atoms with E-state index in [-0.39, 0.29) is 16.6 Å². The van der Waals surface area contributed by atoms with Crippen molar-refractivity contribution in [2.45, 2.75) is 11.4 Å². The molecule has 0 radical (unpaired) electrons. The van der Waals surface area contributed by atoms with Gasteiger partial charge in [0.1, 0.15) is 10.9 Å². The lowest BCUT2D eigenvalue weighted by Gasteiger charge is -2.15. The Balaban J connectivity index is 2.24. The Bertz CT molecular complexity index is 687. The van der Waals surface area contributed by atoms with Crippen LogP contribution in [0.15, 0.2) is 44.4 Å². The Morgan fingerprint density at radius 1 is 1.42 bits per heavy atom. The van der Waals surface area contributed by atoms with E-state index in [0.29, 0.717) is 10.4 Å². The highest BCUT2D eigenvalue weighted by Crippen LogP contribution is 2.20. The smallest absolute Gasteiger partial charge is 0.243 e. The van der Waals surface area contributed by atoms with Gasteiger partial charge in [-0.2, -0.15) is 4.31 Å². The van der Waals surface area contributed by atoms with Gasteiger partial charge in [-0.05, 0) is 40.2 Å². The van der Waals surface area contributed by atoms with Crippen LogP contribution in [0.1, 0.15) is 5.76 Å². The highest BCUT2D eigenvalue weighted by molar-refractivity contribution is 9.10. The predicted octanol–water partition coefficient (Wildman–Crippen LogP) is 2.91. The molecule has 0 aliphatic heterocycles. The summed E-state index contributed by atoms with van der Waals surface area (Å²) in [7, 11) is -2.14. The molecule has 0 saturated carbocycles. The molecular formula is C11H10BrClN2O3S. The maximum Gasteiger partial charge on any atom is 0.243 e. The van der Waals surface area contributed by atoms with Gasteiger partial charge >= 0.3 is 0 Å². The molecule has 0 fully saturated rings. The first-order valence-corrected chi connectivity index (χ1v) is 7.83. The average Bonchev–Trinajstić information content (AvgIpc) is 2.74. The summed E-state index contributed by atoms with van der Waals surface area (Å²) in [6.45, 7) is 0.133. The highest BCUT2D eigenvalue weighted by atomic mass is 79.9. The number of furan rings is 1. The van der Waals surface area contributed by atoms with Crippen LogP contribution < -0.4 is 0 Å². The summed E-state index contributed by atoms with van der Waals surface area (Å²) in [4.78, 5) is 3.86. The Hall–Kier alpha value is -0.890. The molecule has 19 heavy (non-hydrogen) atoms. The predicted molar refractivity (Wildman–Crippen MR) is 74.3 cm³/mol. The van der Waals surface area contributed by atoms with Gasteiger partial charge < -0.3 is 4.42 Å². The van der Waals surface area contributed by atoms with Gasteiger partial charge in [0.05, 0.1) is 11.4 Å². The lowest BCUT2D eigenvalue weighted by molar-refractivity contribution is 0.398. The fourth-order valence-corrected chi connectivity index (χ4v) is 3.20. The van der Waals surface area contributed by atoms with Gasteiger partial charge in [0, 0.05) is 13.2 Å². The van der Waals surface area contributed by atoms with Crippen LogP contribution in [-0.2, 0) is 16.6 Å². The number of nitrogens with zero attached hydrogens (tertiary/aromatic N) is 2. The molecule has 102 valence electrons. The molecule has 8 heteroatoms. The second-order valence-electron chi connectivity index (χ2n) is 3.78. The lowest BCUT2D eigenvalue weighted by Crippen LogP contribution is -2.26. The molecular weight excluding hydrogens is 356 g/mol. The lowest BCUT2D eigenvalue weighted by atomic mass is 10.4. The molecule has 2 aromatic rings. The second kappa shape index (κ2) is 5.62. The Labute approximate surface area is 124 Å². The zero-order valence-corrected chi connectivity index (χ0v) is 13.0. The molecule has 0 aliphatic carbocycles. The standard InChI is InChI=1S/C11H10BrClN2O3S/c1-15(7-8-2-3-10(12)18-8)19(16,17)9-4-5-14-11(13)6-9/h2-6H,7H2,1H3. The van der Waals surface area contributed by atoms with Crippen molar-refractivity contribution in [3.05, 3.63) is 46.0 Å². The van der Waals surface area contributed by atoms with Crippen molar-refractivity contribution >= 4 is 37.6 Å². The summed E-state index contributed by atoms with van der Waals surface area (Å²) >= 11 is 8.87. The van der Waals surface area contributed by atoms with E-state index < -0.39 is 10.0 Å². The van der Waals surface area contributed by atoms with E-state index in [9.17, 15) is 8.42 Å². The van der Waals surface area contributed by atoms with E-state index in [1.54, 1.807) is 12.1 Å². The minimum absolute atomic E-state index is 0.0978. The van der Waals surface area contributed by atoms with Gasteiger partial charge in [0.2, 0.25) is 10.0 Å². The van der Waals surface area contributed by atoms with Crippen LogP contribution in [-0.4, -0.2) is 24.8 Å². The van der Waals surface area contributed by atoms with Crippen molar-refractivity contribution in [2.75, 3.05) is 7.05 Å². The van der Waals surface area contributed by atoms with E-state index >= 15 is 0 Å². The first-order valence-electron chi connectivity index (χ1n) is 5.22. The number of halogens is 2. The van der Waals surface area contributed by atoms with Crippen molar-refractivity contribution in [3.63, 3.8) is 0 Å². The van der Waals surface area contributed by atoms with Gasteiger partial charge in [-0.25, -0.2) is 13.4 Å². The maximum atomic E-state index is 12.3. The Morgan fingerprint density at radius 3 is 2.74 bits per heavy atom. The third-order valence-electron chi connectivity index (χ3n) is 2.41. The van der Waals surface area contributed by atoms with Crippen LogP contribution >= 0.6 is 27.5 Å². The van der Waals surface area contributed by atoms with Crippen LogP contribution in [0.5, 0.6) is 0 Å². The zero-order chi connectivity index (χ0) is 14.0. The maximum absolute atomic E-state index is 12.3. The molecule has 0 aliphatic rings. The number of rotatable bonds is 4. The van der Waals surface area contributed by atoms with E-state index in [2.05, 4.69) is 20.9 Å². The number of hydrogen-bond donors (Lipinski definition) is 0. The van der Waals surface area contributed by atoms with Crippen molar-refractivity contribution in [2.24, 2.45) is 0 Å². The third-order valence-corrected chi connectivity index (χ3v) is 4.85. The van der Waals surface area contributed by atoms with Gasteiger partial charge in [0.25, 0.3) is 0 Å². The molecule has 0 unspecified atom stereocenters. The molecule has 0 aromatic carbocycles. The van der Waals surface area contributed by atoms with E-state index in [0.717, 1.165) is 0 Å². The zero-order valence-electron chi connectivity index (χ0n) is 9.88. The normalized spacial score (nSPS) is 12.0. The topological polar surface area (TPSA) is 63.4 Å². The van der Waals surface area contributed by atoms with Crippen LogP contribution in [0.3, 0.4) is 0 Å². The minimum atomic E-state index is -3.62. The van der Waals surface area contributed by atoms with Crippen molar-refractivity contribution in [1.29, 1.82) is 0 Å². The highest BCUT2D eigenvalue weighted by Gasteiger charge is 2.22. The molecule has 0 amide bonds. The van der Waals surface area contributed by atoms with Crippen molar-refractivity contribution in [3.8, 4) is 0 Å². The first kappa shape index (κ1) is 14.5. The molecule has 0 spiro atoms. The SMILES string of the molecule is CN(Cc1ccc(Br)o1)S(=O)(=O)c1ccnc(Cl)c1. The van der Waals surface area contributed by atoms with Gasteiger partial charge in [0.15, 0.2) is 4.67 Å². The van der Waals surface area contributed by atoms with Crippen LogP contribution in [0.2, 0.25) is 5.15 Å². The van der Waals surface area contributed by atoms with Crippen molar-refractivity contribution in [1.82, 2.24) is 9.29 Å². The largest absolute Gasteiger partial charge is 0.453 e. The van der Waals surface area contributed by atoms with E-state index in [1.807, 2.05) is 0 Å². The van der Waals surface area contributed by atoms with Crippen LogP contribution in [0, 0.1) is 0 Å². The summed E-state index contributed by atoms with van der Waals surface area (Å²) in [6, 6.07) is 6.12. The molecule has 0 bridgehead atoms. The molecule has 2 heterocycles.